The second-order valence-corrected chi connectivity index (χ2v) is 7.00. The third-order valence-corrected chi connectivity index (χ3v) is 4.74. The normalized spacial score (nSPS) is 11.2. The van der Waals surface area contributed by atoms with Crippen molar-refractivity contribution >= 4 is 22.4 Å². The van der Waals surface area contributed by atoms with Crippen molar-refractivity contribution in [3.63, 3.8) is 0 Å². The van der Waals surface area contributed by atoms with Crippen molar-refractivity contribution in [2.24, 2.45) is 7.05 Å². The van der Waals surface area contributed by atoms with Crippen LogP contribution in [0.15, 0.2) is 23.7 Å². The summed E-state index contributed by atoms with van der Waals surface area (Å²) in [6.45, 7) is 8.18. The molecule has 0 bridgehead atoms. The Morgan fingerprint density at radius 2 is 1.92 bits per heavy atom. The standard InChI is InChI=1S/C17H21N5OS/c1-10(2)14-9-24-17(19-14)20-15(23)13-8-18-21(5)16(13)22-11(3)6-7-12(22)4/h6-10H,1-5H3,(H,19,20,23). The van der Waals surface area contributed by atoms with Crippen LogP contribution in [-0.2, 0) is 7.05 Å². The summed E-state index contributed by atoms with van der Waals surface area (Å²) in [6, 6.07) is 4.06. The summed E-state index contributed by atoms with van der Waals surface area (Å²) in [5.41, 5.74) is 3.63. The molecule has 7 heteroatoms. The monoisotopic (exact) mass is 343 g/mol. The fourth-order valence-electron chi connectivity index (χ4n) is 2.63. The first-order valence-corrected chi connectivity index (χ1v) is 8.70. The largest absolute Gasteiger partial charge is 0.303 e. The Morgan fingerprint density at radius 3 is 2.50 bits per heavy atom. The van der Waals surface area contributed by atoms with E-state index in [4.69, 9.17) is 0 Å². The molecule has 0 atom stereocenters. The minimum Gasteiger partial charge on any atom is -0.303 e. The highest BCUT2D eigenvalue weighted by Gasteiger charge is 2.20. The second-order valence-electron chi connectivity index (χ2n) is 6.14. The van der Waals surface area contributed by atoms with Gasteiger partial charge in [-0.2, -0.15) is 5.10 Å². The number of carbonyl (C=O) groups is 1. The van der Waals surface area contributed by atoms with Gasteiger partial charge in [0.05, 0.1) is 11.9 Å². The topological polar surface area (TPSA) is 64.7 Å². The number of anilines is 1. The van der Waals surface area contributed by atoms with Crippen LogP contribution in [0.4, 0.5) is 5.13 Å². The van der Waals surface area contributed by atoms with E-state index in [9.17, 15) is 4.79 Å². The maximum absolute atomic E-state index is 12.7. The number of amides is 1. The first kappa shape index (κ1) is 16.4. The summed E-state index contributed by atoms with van der Waals surface area (Å²) in [6.07, 6.45) is 1.60. The predicted molar refractivity (Wildman–Crippen MR) is 96.2 cm³/mol. The molecule has 1 N–H and O–H groups in total. The van der Waals surface area contributed by atoms with Gasteiger partial charge in [0.2, 0.25) is 0 Å². The third-order valence-electron chi connectivity index (χ3n) is 3.97. The quantitative estimate of drug-likeness (QED) is 0.786. The van der Waals surface area contributed by atoms with E-state index in [-0.39, 0.29) is 5.91 Å². The number of aromatic nitrogens is 4. The van der Waals surface area contributed by atoms with Crippen molar-refractivity contribution in [2.45, 2.75) is 33.6 Å². The fraction of sp³-hybridized carbons (Fsp3) is 0.353. The van der Waals surface area contributed by atoms with Crippen molar-refractivity contribution in [2.75, 3.05) is 5.32 Å². The van der Waals surface area contributed by atoms with E-state index in [1.54, 1.807) is 10.9 Å². The summed E-state index contributed by atoms with van der Waals surface area (Å²) < 4.78 is 3.75. The zero-order valence-electron chi connectivity index (χ0n) is 14.5. The van der Waals surface area contributed by atoms with Gasteiger partial charge in [-0.3, -0.25) is 14.8 Å². The lowest BCUT2D eigenvalue weighted by atomic mass is 10.2. The van der Waals surface area contributed by atoms with Gasteiger partial charge >= 0.3 is 0 Å². The van der Waals surface area contributed by atoms with Crippen LogP contribution in [0.25, 0.3) is 5.82 Å². The molecule has 126 valence electrons. The highest BCUT2D eigenvalue weighted by molar-refractivity contribution is 7.14. The molecule has 3 aromatic rings. The van der Waals surface area contributed by atoms with Crippen molar-refractivity contribution in [1.82, 2.24) is 19.3 Å². The molecule has 0 unspecified atom stereocenters. The van der Waals surface area contributed by atoms with Crippen LogP contribution in [0.3, 0.4) is 0 Å². The van der Waals surface area contributed by atoms with E-state index < -0.39 is 0 Å². The van der Waals surface area contributed by atoms with Gasteiger partial charge in [-0.1, -0.05) is 13.8 Å². The van der Waals surface area contributed by atoms with Crippen molar-refractivity contribution in [1.29, 1.82) is 0 Å². The molecule has 3 rings (SSSR count). The van der Waals surface area contributed by atoms with Crippen LogP contribution >= 0.6 is 11.3 Å². The Balaban J connectivity index is 1.94. The van der Waals surface area contributed by atoms with E-state index in [0.717, 1.165) is 22.9 Å². The summed E-state index contributed by atoms with van der Waals surface area (Å²) in [7, 11) is 1.84. The van der Waals surface area contributed by atoms with Gasteiger partial charge in [0.1, 0.15) is 11.4 Å². The molecular weight excluding hydrogens is 322 g/mol. The zero-order chi connectivity index (χ0) is 17.4. The van der Waals surface area contributed by atoms with Crippen molar-refractivity contribution in [3.8, 4) is 5.82 Å². The van der Waals surface area contributed by atoms with E-state index in [1.807, 2.05) is 43.0 Å². The highest BCUT2D eigenvalue weighted by Crippen LogP contribution is 2.24. The molecule has 0 aromatic carbocycles. The molecule has 24 heavy (non-hydrogen) atoms. The molecule has 0 aliphatic rings. The second kappa shape index (κ2) is 6.24. The van der Waals surface area contributed by atoms with Gasteiger partial charge in [-0.15, -0.1) is 11.3 Å². The lowest BCUT2D eigenvalue weighted by molar-refractivity contribution is 0.102. The Bertz CT molecular complexity index is 867. The summed E-state index contributed by atoms with van der Waals surface area (Å²) in [5.74, 6) is 0.898. The van der Waals surface area contributed by atoms with Crippen molar-refractivity contribution < 1.29 is 4.79 Å². The molecule has 3 heterocycles. The fourth-order valence-corrected chi connectivity index (χ4v) is 3.50. The number of hydrogen-bond acceptors (Lipinski definition) is 4. The smallest absolute Gasteiger partial charge is 0.262 e. The molecule has 0 aliphatic heterocycles. The van der Waals surface area contributed by atoms with Crippen LogP contribution in [0.2, 0.25) is 0 Å². The predicted octanol–water partition coefficient (Wildman–Crippen LogP) is 3.66. The molecule has 0 aliphatic carbocycles. The average molecular weight is 343 g/mol. The van der Waals surface area contributed by atoms with Crippen LogP contribution < -0.4 is 5.32 Å². The Kier molecular flexibility index (Phi) is 4.28. The van der Waals surface area contributed by atoms with E-state index in [0.29, 0.717) is 16.6 Å². The molecule has 3 aromatic heterocycles. The average Bonchev–Trinajstić information content (AvgIpc) is 3.20. The summed E-state index contributed by atoms with van der Waals surface area (Å²) in [5, 5.41) is 9.75. The van der Waals surface area contributed by atoms with Gasteiger partial charge < -0.3 is 4.57 Å². The molecule has 0 saturated heterocycles. The lowest BCUT2D eigenvalue weighted by Crippen LogP contribution is -2.16. The van der Waals surface area contributed by atoms with Gasteiger partial charge in [0.15, 0.2) is 5.13 Å². The van der Waals surface area contributed by atoms with Crippen LogP contribution in [-0.4, -0.2) is 25.2 Å². The number of nitrogens with zero attached hydrogens (tertiary/aromatic N) is 4. The number of carbonyl (C=O) groups excluding carboxylic acids is 1. The minimum absolute atomic E-state index is 0.199. The SMILES string of the molecule is Cc1ccc(C)n1-c1c(C(=O)Nc2nc(C(C)C)cs2)cnn1C. The van der Waals surface area contributed by atoms with E-state index >= 15 is 0 Å². The van der Waals surface area contributed by atoms with Gasteiger partial charge in [-0.25, -0.2) is 4.98 Å². The number of thiazole rings is 1. The summed E-state index contributed by atoms with van der Waals surface area (Å²) >= 11 is 1.44. The lowest BCUT2D eigenvalue weighted by Gasteiger charge is -2.12. The molecule has 1 amide bonds. The maximum Gasteiger partial charge on any atom is 0.262 e. The molecule has 6 nitrogen and oxygen atoms in total. The van der Waals surface area contributed by atoms with Crippen LogP contribution in [0.1, 0.15) is 47.2 Å². The number of aryl methyl sites for hydroxylation is 3. The Hall–Kier alpha value is -2.41. The number of hydrogen-bond donors (Lipinski definition) is 1. The Morgan fingerprint density at radius 1 is 1.25 bits per heavy atom. The zero-order valence-corrected chi connectivity index (χ0v) is 15.3. The minimum atomic E-state index is -0.199. The van der Waals surface area contributed by atoms with E-state index in [2.05, 4.69) is 29.2 Å². The first-order chi connectivity index (χ1) is 11.4. The molecule has 0 fully saturated rings. The van der Waals surface area contributed by atoms with Gasteiger partial charge in [0.25, 0.3) is 5.91 Å². The van der Waals surface area contributed by atoms with Gasteiger partial charge in [-0.05, 0) is 31.9 Å². The van der Waals surface area contributed by atoms with Crippen LogP contribution in [0, 0.1) is 13.8 Å². The molecule has 0 radical (unpaired) electrons. The maximum atomic E-state index is 12.7. The number of nitrogens with one attached hydrogen (secondary N) is 1. The molecule has 0 spiro atoms. The molecular formula is C17H21N5OS. The highest BCUT2D eigenvalue weighted by atomic mass is 32.1. The Labute approximate surface area is 145 Å². The third kappa shape index (κ3) is 2.87. The number of rotatable bonds is 4. The van der Waals surface area contributed by atoms with E-state index in [1.165, 1.54) is 11.3 Å². The molecule has 0 saturated carbocycles. The van der Waals surface area contributed by atoms with Crippen LogP contribution in [0.5, 0.6) is 0 Å². The van der Waals surface area contributed by atoms with Crippen molar-refractivity contribution in [3.05, 3.63) is 46.4 Å². The summed E-state index contributed by atoms with van der Waals surface area (Å²) in [4.78, 5) is 17.2. The van der Waals surface area contributed by atoms with Gasteiger partial charge in [0, 0.05) is 23.8 Å². The first-order valence-electron chi connectivity index (χ1n) is 7.82.